The van der Waals surface area contributed by atoms with E-state index in [2.05, 4.69) is 5.10 Å². The molecule has 3 aromatic rings. The number of halogens is 2. The second-order valence-electron chi connectivity index (χ2n) is 5.52. The average molecular weight is 377 g/mol. The van der Waals surface area contributed by atoms with E-state index in [0.29, 0.717) is 6.07 Å². The lowest BCUT2D eigenvalue weighted by Crippen LogP contribution is -2.31. The summed E-state index contributed by atoms with van der Waals surface area (Å²) < 4.78 is 54.0. The highest BCUT2D eigenvalue weighted by Gasteiger charge is 2.20. The van der Waals surface area contributed by atoms with Gasteiger partial charge in [0, 0.05) is 12.3 Å². The van der Waals surface area contributed by atoms with Gasteiger partial charge in [0.05, 0.1) is 10.6 Å². The molecule has 9 heteroatoms. The van der Waals surface area contributed by atoms with Crippen LogP contribution in [0.1, 0.15) is 16.1 Å². The van der Waals surface area contributed by atoms with E-state index in [1.807, 2.05) is 4.72 Å². The minimum absolute atomic E-state index is 0.0583. The number of nitrogens with zero attached hydrogens (tertiary/aromatic N) is 2. The first kappa shape index (κ1) is 17.7. The van der Waals surface area contributed by atoms with E-state index in [9.17, 15) is 22.0 Å². The Kier molecular flexibility index (Phi) is 4.56. The summed E-state index contributed by atoms with van der Waals surface area (Å²) in [7, 11) is -4.06. The molecule has 6 nitrogen and oxygen atoms in total. The summed E-state index contributed by atoms with van der Waals surface area (Å²) in [6.45, 7) is 1.80. The smallest absolute Gasteiger partial charge is 0.266 e. The molecule has 0 unspecified atom stereocenters. The van der Waals surface area contributed by atoms with Gasteiger partial charge in [0.25, 0.3) is 15.9 Å². The molecule has 0 saturated heterocycles. The summed E-state index contributed by atoms with van der Waals surface area (Å²) in [6, 6.07) is 9.95. The minimum Gasteiger partial charge on any atom is -0.266 e. The molecular formula is C17H13F2N3O3S. The number of aromatic nitrogens is 2. The molecular weight excluding hydrogens is 364 g/mol. The highest BCUT2D eigenvalue weighted by molar-refractivity contribution is 7.90. The van der Waals surface area contributed by atoms with Gasteiger partial charge in [-0.3, -0.25) is 4.79 Å². The molecule has 0 aliphatic heterocycles. The Morgan fingerprint density at radius 1 is 1.04 bits per heavy atom. The maximum Gasteiger partial charge on any atom is 0.285 e. The average Bonchev–Trinajstić information content (AvgIpc) is 3.04. The third-order valence-corrected chi connectivity index (χ3v) is 4.84. The Hall–Kier alpha value is -3.07. The van der Waals surface area contributed by atoms with Gasteiger partial charge in [0.1, 0.15) is 11.6 Å². The van der Waals surface area contributed by atoms with E-state index in [0.717, 1.165) is 22.4 Å². The molecule has 1 heterocycles. The van der Waals surface area contributed by atoms with Crippen LogP contribution in [0.4, 0.5) is 8.78 Å². The summed E-state index contributed by atoms with van der Waals surface area (Å²) in [5.74, 6) is -2.56. The lowest BCUT2D eigenvalue weighted by Gasteiger charge is -2.06. The number of sulfonamides is 1. The van der Waals surface area contributed by atoms with Gasteiger partial charge in [0.2, 0.25) is 0 Å². The molecule has 0 bridgehead atoms. The number of nitrogens with one attached hydrogen (secondary N) is 1. The highest BCUT2D eigenvalue weighted by Crippen LogP contribution is 2.14. The molecule has 0 fully saturated rings. The fourth-order valence-corrected chi connectivity index (χ4v) is 3.17. The van der Waals surface area contributed by atoms with Crippen molar-refractivity contribution in [2.24, 2.45) is 0 Å². The van der Waals surface area contributed by atoms with Gasteiger partial charge in [-0.1, -0.05) is 17.7 Å². The minimum atomic E-state index is -4.06. The van der Waals surface area contributed by atoms with Gasteiger partial charge in [-0.2, -0.15) is 5.10 Å². The predicted molar refractivity (Wildman–Crippen MR) is 89.3 cm³/mol. The first-order valence-corrected chi connectivity index (χ1v) is 8.89. The van der Waals surface area contributed by atoms with Crippen molar-refractivity contribution in [2.45, 2.75) is 11.8 Å². The number of carbonyl (C=O) groups is 1. The van der Waals surface area contributed by atoms with E-state index in [4.69, 9.17) is 0 Å². The van der Waals surface area contributed by atoms with Crippen molar-refractivity contribution in [1.82, 2.24) is 14.5 Å². The van der Waals surface area contributed by atoms with Crippen LogP contribution in [0.15, 0.2) is 59.6 Å². The first-order chi connectivity index (χ1) is 12.2. The van der Waals surface area contributed by atoms with Crippen LogP contribution < -0.4 is 4.72 Å². The van der Waals surface area contributed by atoms with Crippen LogP contribution in [0.3, 0.4) is 0 Å². The van der Waals surface area contributed by atoms with Crippen molar-refractivity contribution < 1.29 is 22.0 Å². The normalized spacial score (nSPS) is 11.3. The lowest BCUT2D eigenvalue weighted by molar-refractivity contribution is 0.0976. The Balaban J connectivity index is 1.83. The van der Waals surface area contributed by atoms with Crippen molar-refractivity contribution in [3.05, 3.63) is 77.6 Å². The molecule has 1 aromatic heterocycles. The Morgan fingerprint density at radius 3 is 2.27 bits per heavy atom. The third-order valence-electron chi connectivity index (χ3n) is 3.49. The van der Waals surface area contributed by atoms with Crippen LogP contribution in [0.5, 0.6) is 0 Å². The number of amides is 1. The summed E-state index contributed by atoms with van der Waals surface area (Å²) in [5, 5.41) is 3.86. The van der Waals surface area contributed by atoms with Gasteiger partial charge >= 0.3 is 0 Å². The second-order valence-corrected chi connectivity index (χ2v) is 7.20. The van der Waals surface area contributed by atoms with E-state index < -0.39 is 27.6 Å². The molecule has 0 spiro atoms. The van der Waals surface area contributed by atoms with Gasteiger partial charge in [-0.05, 0) is 37.3 Å². The number of hydrogen-bond donors (Lipinski definition) is 1. The molecule has 134 valence electrons. The maximum atomic E-state index is 13.3. The number of benzene rings is 2. The molecule has 0 aliphatic carbocycles. The van der Waals surface area contributed by atoms with Crippen molar-refractivity contribution in [3.8, 4) is 5.69 Å². The topological polar surface area (TPSA) is 81.1 Å². The zero-order valence-corrected chi connectivity index (χ0v) is 14.3. The molecule has 1 N–H and O–H groups in total. The van der Waals surface area contributed by atoms with Gasteiger partial charge in [-0.15, -0.1) is 0 Å². The van der Waals surface area contributed by atoms with Crippen LogP contribution in [-0.2, 0) is 10.0 Å². The van der Waals surface area contributed by atoms with Crippen LogP contribution in [-0.4, -0.2) is 24.1 Å². The van der Waals surface area contributed by atoms with Crippen LogP contribution in [0.2, 0.25) is 0 Å². The first-order valence-electron chi connectivity index (χ1n) is 7.40. The molecule has 3 rings (SSSR count). The van der Waals surface area contributed by atoms with Crippen molar-refractivity contribution in [2.75, 3.05) is 0 Å². The Labute approximate surface area is 148 Å². The summed E-state index contributed by atoms with van der Waals surface area (Å²) >= 11 is 0. The third kappa shape index (κ3) is 3.77. The van der Waals surface area contributed by atoms with Crippen LogP contribution in [0, 0.1) is 18.6 Å². The summed E-state index contributed by atoms with van der Waals surface area (Å²) in [5.41, 5.74) is 0.713. The van der Waals surface area contributed by atoms with E-state index in [-0.39, 0.29) is 16.3 Å². The van der Waals surface area contributed by atoms with Crippen molar-refractivity contribution in [1.29, 1.82) is 0 Å². The molecule has 2 aromatic carbocycles. The quantitative estimate of drug-likeness (QED) is 0.758. The summed E-state index contributed by atoms with van der Waals surface area (Å²) in [6.07, 6.45) is 1.29. The molecule has 0 radical (unpaired) electrons. The van der Waals surface area contributed by atoms with E-state index >= 15 is 0 Å². The molecule has 0 saturated carbocycles. The number of hydrogen-bond acceptors (Lipinski definition) is 4. The molecule has 1 amide bonds. The molecule has 0 atom stereocenters. The number of carbonyl (C=O) groups excluding carboxylic acids is 1. The largest absolute Gasteiger partial charge is 0.285 e. The molecule has 0 aliphatic rings. The van der Waals surface area contributed by atoms with Gasteiger partial charge in [-0.25, -0.2) is 26.6 Å². The Morgan fingerprint density at radius 2 is 1.65 bits per heavy atom. The fourth-order valence-electron chi connectivity index (χ4n) is 2.21. The summed E-state index contributed by atoms with van der Waals surface area (Å²) in [4.78, 5) is 12.1. The predicted octanol–water partition coefficient (Wildman–Crippen LogP) is 2.58. The Bertz CT molecular complexity index is 1060. The monoisotopic (exact) mass is 377 g/mol. The van der Waals surface area contributed by atoms with E-state index in [1.165, 1.54) is 24.4 Å². The van der Waals surface area contributed by atoms with Crippen molar-refractivity contribution in [3.63, 3.8) is 0 Å². The highest BCUT2D eigenvalue weighted by atomic mass is 32.2. The number of aryl methyl sites for hydroxylation is 1. The zero-order chi connectivity index (χ0) is 18.9. The standard InChI is InChI=1S/C17H13F2N3O3S/c1-11-2-4-15(5-3-11)26(24,25)21-17(23)16-6-7-22(20-16)14-9-12(18)8-13(19)10-14/h2-10H,1H3,(H,21,23). The van der Waals surface area contributed by atoms with Gasteiger partial charge in [0.15, 0.2) is 5.69 Å². The van der Waals surface area contributed by atoms with Crippen LogP contribution in [0.25, 0.3) is 5.69 Å². The SMILES string of the molecule is Cc1ccc(S(=O)(=O)NC(=O)c2ccn(-c3cc(F)cc(F)c3)n2)cc1. The zero-order valence-electron chi connectivity index (χ0n) is 13.5. The van der Waals surface area contributed by atoms with Gasteiger partial charge < -0.3 is 0 Å². The number of rotatable bonds is 4. The van der Waals surface area contributed by atoms with E-state index in [1.54, 1.807) is 19.1 Å². The molecule has 26 heavy (non-hydrogen) atoms. The van der Waals surface area contributed by atoms with Crippen molar-refractivity contribution >= 4 is 15.9 Å². The fraction of sp³-hybridized carbons (Fsp3) is 0.0588. The lowest BCUT2D eigenvalue weighted by atomic mass is 10.2. The maximum absolute atomic E-state index is 13.3. The van der Waals surface area contributed by atoms with Crippen LogP contribution >= 0.6 is 0 Å². The second kappa shape index (κ2) is 6.68.